The Hall–Kier alpha value is -1.07. The van der Waals surface area contributed by atoms with E-state index in [4.69, 9.17) is 10.7 Å². The molecule has 2 rings (SSSR count). The van der Waals surface area contributed by atoms with Crippen molar-refractivity contribution in [2.75, 3.05) is 11.4 Å². The van der Waals surface area contributed by atoms with E-state index in [1.807, 2.05) is 0 Å². The summed E-state index contributed by atoms with van der Waals surface area (Å²) >= 11 is 1.68. The first kappa shape index (κ1) is 14.3. The van der Waals surface area contributed by atoms with Gasteiger partial charge in [0.05, 0.1) is 5.69 Å². The van der Waals surface area contributed by atoms with E-state index in [9.17, 15) is 0 Å². The molecule has 2 heterocycles. The van der Waals surface area contributed by atoms with Gasteiger partial charge in [-0.2, -0.15) is 0 Å². The molecule has 106 valence electrons. The molecule has 0 amide bonds. The number of imidazole rings is 1. The molecule has 2 aromatic heterocycles. The van der Waals surface area contributed by atoms with Crippen LogP contribution in [0.1, 0.15) is 39.8 Å². The molecule has 0 radical (unpaired) electrons. The third kappa shape index (κ3) is 2.92. The molecule has 1 atom stereocenters. The van der Waals surface area contributed by atoms with Crippen LogP contribution in [-0.4, -0.2) is 28.0 Å². The largest absolute Gasteiger partial charge is 0.353 e. The van der Waals surface area contributed by atoms with Crippen LogP contribution >= 0.6 is 11.3 Å². The predicted octanol–water partition coefficient (Wildman–Crippen LogP) is 2.91. The van der Waals surface area contributed by atoms with Crippen molar-refractivity contribution in [3.8, 4) is 0 Å². The zero-order chi connectivity index (χ0) is 14.0. The summed E-state index contributed by atoms with van der Waals surface area (Å²) in [5.74, 6) is 1.11. The number of nitrogens with two attached hydrogens (primary N) is 1. The van der Waals surface area contributed by atoms with Gasteiger partial charge >= 0.3 is 0 Å². The van der Waals surface area contributed by atoms with Crippen LogP contribution in [0.25, 0.3) is 4.96 Å². The Balaban J connectivity index is 2.47. The topological polar surface area (TPSA) is 46.6 Å². The number of nitrogens with zero attached hydrogens (tertiary/aromatic N) is 3. The summed E-state index contributed by atoms with van der Waals surface area (Å²) < 4.78 is 2.19. The van der Waals surface area contributed by atoms with E-state index in [2.05, 4.69) is 48.6 Å². The van der Waals surface area contributed by atoms with Gasteiger partial charge in [0.1, 0.15) is 0 Å². The second-order valence-electron chi connectivity index (χ2n) is 5.41. The first-order valence-electron chi connectivity index (χ1n) is 7.01. The van der Waals surface area contributed by atoms with Gasteiger partial charge in [0.2, 0.25) is 0 Å². The highest BCUT2D eigenvalue weighted by atomic mass is 32.1. The summed E-state index contributed by atoms with van der Waals surface area (Å²) in [6, 6.07) is 0.602. The maximum atomic E-state index is 6.01. The Labute approximate surface area is 119 Å². The number of aromatic nitrogens is 2. The molecular formula is C14H24N4S. The molecule has 0 aliphatic rings. The van der Waals surface area contributed by atoms with Crippen LogP contribution in [-0.2, 0) is 6.42 Å². The van der Waals surface area contributed by atoms with Gasteiger partial charge in [-0.25, -0.2) is 4.98 Å². The highest BCUT2D eigenvalue weighted by Gasteiger charge is 2.21. The lowest BCUT2D eigenvalue weighted by Gasteiger charge is -2.27. The molecule has 0 aromatic carbocycles. The number of anilines is 1. The van der Waals surface area contributed by atoms with E-state index in [1.165, 1.54) is 5.69 Å². The molecule has 0 fully saturated rings. The van der Waals surface area contributed by atoms with Gasteiger partial charge in [0, 0.05) is 36.6 Å². The molecule has 19 heavy (non-hydrogen) atoms. The molecule has 0 saturated carbocycles. The van der Waals surface area contributed by atoms with Crippen LogP contribution in [0.5, 0.6) is 0 Å². The number of rotatable bonds is 6. The fourth-order valence-corrected chi connectivity index (χ4v) is 3.12. The van der Waals surface area contributed by atoms with Crippen LogP contribution in [0.2, 0.25) is 0 Å². The maximum Gasteiger partial charge on any atom is 0.195 e. The number of fused-ring (bicyclic) bond motifs is 1. The van der Waals surface area contributed by atoms with E-state index < -0.39 is 0 Å². The van der Waals surface area contributed by atoms with E-state index in [0.717, 1.165) is 30.2 Å². The molecule has 0 saturated heterocycles. The Morgan fingerprint density at radius 3 is 2.74 bits per heavy atom. The molecule has 0 aliphatic heterocycles. The second kappa shape index (κ2) is 5.92. The molecule has 1 unspecified atom stereocenters. The van der Waals surface area contributed by atoms with Crippen LogP contribution in [0.15, 0.2) is 11.6 Å². The fraction of sp³-hybridized carbons (Fsp3) is 0.643. The summed E-state index contributed by atoms with van der Waals surface area (Å²) in [6.45, 7) is 9.74. The monoisotopic (exact) mass is 280 g/mol. The van der Waals surface area contributed by atoms with Crippen molar-refractivity contribution in [1.29, 1.82) is 0 Å². The second-order valence-corrected chi connectivity index (χ2v) is 6.28. The van der Waals surface area contributed by atoms with Crippen molar-refractivity contribution in [2.45, 2.75) is 52.6 Å². The first-order chi connectivity index (χ1) is 9.04. The standard InChI is InChI=1S/C14H24N4S/c1-5-6-17(10(2)3)13-12(9-11(4)15)18-7-8-19-14(18)16-13/h7-8,10-11H,5-6,9,15H2,1-4H3. The normalized spacial score (nSPS) is 13.4. The van der Waals surface area contributed by atoms with Crippen molar-refractivity contribution in [2.24, 2.45) is 5.73 Å². The van der Waals surface area contributed by atoms with E-state index in [1.54, 1.807) is 11.3 Å². The van der Waals surface area contributed by atoms with Crippen molar-refractivity contribution < 1.29 is 0 Å². The Bertz CT molecular complexity index is 527. The van der Waals surface area contributed by atoms with E-state index in [0.29, 0.717) is 6.04 Å². The Morgan fingerprint density at radius 1 is 1.42 bits per heavy atom. The van der Waals surface area contributed by atoms with Gasteiger partial charge in [-0.05, 0) is 27.2 Å². The van der Waals surface area contributed by atoms with E-state index >= 15 is 0 Å². The summed E-state index contributed by atoms with van der Waals surface area (Å²) in [5, 5.41) is 2.08. The zero-order valence-corrected chi connectivity index (χ0v) is 13.1. The van der Waals surface area contributed by atoms with E-state index in [-0.39, 0.29) is 6.04 Å². The molecule has 0 bridgehead atoms. The molecular weight excluding hydrogens is 256 g/mol. The molecule has 4 nitrogen and oxygen atoms in total. The lowest BCUT2D eigenvalue weighted by molar-refractivity contribution is 0.650. The van der Waals surface area contributed by atoms with Crippen molar-refractivity contribution in [3.63, 3.8) is 0 Å². The SMILES string of the molecule is CCCN(c1nc2sccn2c1CC(C)N)C(C)C. The first-order valence-corrected chi connectivity index (χ1v) is 7.89. The molecule has 2 N–H and O–H groups in total. The Kier molecular flexibility index (Phi) is 4.47. The van der Waals surface area contributed by atoms with Crippen molar-refractivity contribution >= 4 is 22.1 Å². The summed E-state index contributed by atoms with van der Waals surface area (Å²) in [5.41, 5.74) is 7.25. The van der Waals surface area contributed by atoms with Crippen LogP contribution in [0, 0.1) is 0 Å². The van der Waals surface area contributed by atoms with Crippen LogP contribution < -0.4 is 10.6 Å². The molecule has 0 spiro atoms. The molecule has 2 aromatic rings. The average Bonchev–Trinajstić information content (AvgIpc) is 2.88. The summed E-state index contributed by atoms with van der Waals surface area (Å²) in [6.07, 6.45) is 4.08. The fourth-order valence-electron chi connectivity index (χ4n) is 2.40. The predicted molar refractivity (Wildman–Crippen MR) is 83.2 cm³/mol. The minimum absolute atomic E-state index is 0.147. The minimum Gasteiger partial charge on any atom is -0.353 e. The number of hydrogen-bond acceptors (Lipinski definition) is 4. The lowest BCUT2D eigenvalue weighted by Crippen LogP contribution is -2.33. The quantitative estimate of drug-likeness (QED) is 0.885. The van der Waals surface area contributed by atoms with Gasteiger partial charge in [-0.15, -0.1) is 11.3 Å². The molecule has 0 aliphatic carbocycles. The van der Waals surface area contributed by atoms with Gasteiger partial charge in [0.15, 0.2) is 10.8 Å². The Morgan fingerprint density at radius 2 is 2.16 bits per heavy atom. The summed E-state index contributed by atoms with van der Waals surface area (Å²) in [7, 11) is 0. The van der Waals surface area contributed by atoms with Gasteiger partial charge in [-0.1, -0.05) is 6.92 Å². The molecule has 5 heteroatoms. The lowest BCUT2D eigenvalue weighted by atomic mass is 10.1. The number of thiazole rings is 1. The number of hydrogen-bond donors (Lipinski definition) is 1. The maximum absolute atomic E-state index is 6.01. The smallest absolute Gasteiger partial charge is 0.195 e. The zero-order valence-electron chi connectivity index (χ0n) is 12.3. The van der Waals surface area contributed by atoms with Crippen LogP contribution in [0.3, 0.4) is 0 Å². The highest BCUT2D eigenvalue weighted by molar-refractivity contribution is 7.15. The third-order valence-corrected chi connectivity index (χ3v) is 3.97. The summed E-state index contributed by atoms with van der Waals surface area (Å²) in [4.78, 5) is 8.27. The highest BCUT2D eigenvalue weighted by Crippen LogP contribution is 2.27. The van der Waals surface area contributed by atoms with Crippen molar-refractivity contribution in [1.82, 2.24) is 9.38 Å². The van der Waals surface area contributed by atoms with Gasteiger partial charge in [0.25, 0.3) is 0 Å². The van der Waals surface area contributed by atoms with Crippen molar-refractivity contribution in [3.05, 3.63) is 17.3 Å². The average molecular weight is 280 g/mol. The van der Waals surface area contributed by atoms with Gasteiger partial charge in [-0.3, -0.25) is 4.40 Å². The third-order valence-electron chi connectivity index (χ3n) is 3.22. The van der Waals surface area contributed by atoms with Gasteiger partial charge < -0.3 is 10.6 Å². The van der Waals surface area contributed by atoms with Crippen LogP contribution in [0.4, 0.5) is 5.82 Å². The minimum atomic E-state index is 0.147.